The van der Waals surface area contributed by atoms with Gasteiger partial charge in [-0.3, -0.25) is 0 Å². The van der Waals surface area contributed by atoms with Crippen LogP contribution in [0.25, 0.3) is 98.5 Å². The van der Waals surface area contributed by atoms with Crippen molar-refractivity contribution in [3.05, 3.63) is 164 Å². The lowest BCUT2D eigenvalue weighted by molar-refractivity contribution is 0.670. The maximum absolute atomic E-state index is 6.50. The predicted molar refractivity (Wildman–Crippen MR) is 207 cm³/mol. The van der Waals surface area contributed by atoms with Gasteiger partial charge in [0.25, 0.3) is 0 Å². The van der Waals surface area contributed by atoms with Gasteiger partial charge in [-0.1, -0.05) is 140 Å². The lowest BCUT2D eigenvalue weighted by Gasteiger charge is -2.09. The molecule has 0 fully saturated rings. The highest BCUT2D eigenvalue weighted by atomic mass is 32.1. The fourth-order valence-corrected chi connectivity index (χ4v) is 8.31. The van der Waals surface area contributed by atoms with E-state index in [9.17, 15) is 0 Å². The SMILES string of the molecule is c1ccc(-c2nc(-c3ccccc3)nc(-c3cccc4c3sc3c(-c5cc(-c6ccccc6)c6oc7ccccc7c6c5)cccc34)n2)cc1. The highest BCUT2D eigenvalue weighted by molar-refractivity contribution is 7.26. The van der Waals surface area contributed by atoms with Gasteiger partial charge in [-0.15, -0.1) is 11.3 Å². The first kappa shape index (κ1) is 28.6. The van der Waals surface area contributed by atoms with Crippen molar-refractivity contribution in [3.8, 4) is 56.4 Å². The molecule has 3 heterocycles. The fourth-order valence-electron chi connectivity index (χ4n) is 6.97. The van der Waals surface area contributed by atoms with Crippen LogP contribution in [0.3, 0.4) is 0 Å². The maximum Gasteiger partial charge on any atom is 0.165 e. The summed E-state index contributed by atoms with van der Waals surface area (Å²) in [4.78, 5) is 15.1. The third kappa shape index (κ3) is 4.71. The molecule has 0 N–H and O–H groups in total. The number of hydrogen-bond acceptors (Lipinski definition) is 5. The molecule has 10 aromatic rings. The first-order valence-corrected chi connectivity index (χ1v) is 17.4. The van der Waals surface area contributed by atoms with E-state index in [1.807, 2.05) is 72.8 Å². The van der Waals surface area contributed by atoms with Crippen LogP contribution in [0.5, 0.6) is 0 Å². The second-order valence-corrected chi connectivity index (χ2v) is 13.4. The zero-order valence-corrected chi connectivity index (χ0v) is 27.6. The number of thiophene rings is 1. The van der Waals surface area contributed by atoms with Gasteiger partial charge in [0, 0.05) is 53.2 Å². The van der Waals surface area contributed by atoms with Crippen LogP contribution in [0.2, 0.25) is 0 Å². The quantitative estimate of drug-likeness (QED) is 0.185. The number of benzene rings is 7. The molecule has 0 saturated heterocycles. The van der Waals surface area contributed by atoms with E-state index in [1.54, 1.807) is 11.3 Å². The van der Waals surface area contributed by atoms with E-state index in [4.69, 9.17) is 19.4 Å². The molecule has 7 aromatic carbocycles. The fraction of sp³-hybridized carbons (Fsp3) is 0. The largest absolute Gasteiger partial charge is 0.455 e. The number of hydrogen-bond donors (Lipinski definition) is 0. The molecule has 3 aromatic heterocycles. The molecule has 0 bridgehead atoms. The van der Waals surface area contributed by atoms with Crippen LogP contribution in [-0.2, 0) is 0 Å². The molecule has 0 atom stereocenters. The van der Waals surface area contributed by atoms with Crippen molar-refractivity contribution in [2.45, 2.75) is 0 Å². The number of fused-ring (bicyclic) bond motifs is 6. The average molecular weight is 658 g/mol. The molecule has 0 saturated carbocycles. The molecule has 5 heteroatoms. The van der Waals surface area contributed by atoms with Gasteiger partial charge in [0.15, 0.2) is 17.5 Å². The van der Waals surface area contributed by atoms with E-state index in [1.165, 1.54) is 21.0 Å². The summed E-state index contributed by atoms with van der Waals surface area (Å²) < 4.78 is 8.87. The zero-order chi connectivity index (χ0) is 33.0. The summed E-state index contributed by atoms with van der Waals surface area (Å²) in [7, 11) is 0. The van der Waals surface area contributed by atoms with Crippen molar-refractivity contribution < 1.29 is 4.42 Å². The molecule has 0 spiro atoms. The number of rotatable bonds is 5. The standard InChI is InChI=1S/C45H27N3OS/c1-4-14-28(15-5-1)37-26-31(27-38-33-20-10-11-25-39(33)49-40(37)38)32-21-12-22-34-35-23-13-24-36(42(35)50-41(32)34)45-47-43(29-16-6-2-7-17-29)46-44(48-45)30-18-8-3-9-19-30/h1-27H. The number of nitrogens with zero attached hydrogens (tertiary/aromatic N) is 3. The van der Waals surface area contributed by atoms with Crippen molar-refractivity contribution in [2.24, 2.45) is 0 Å². The Balaban J connectivity index is 1.21. The van der Waals surface area contributed by atoms with E-state index in [0.29, 0.717) is 17.5 Å². The minimum Gasteiger partial charge on any atom is -0.455 e. The Morgan fingerprint density at radius 3 is 1.54 bits per heavy atom. The van der Waals surface area contributed by atoms with E-state index < -0.39 is 0 Å². The summed E-state index contributed by atoms with van der Waals surface area (Å²) in [5, 5.41) is 4.63. The molecule has 0 aliphatic heterocycles. The molecule has 0 aliphatic rings. The molecule has 50 heavy (non-hydrogen) atoms. The van der Waals surface area contributed by atoms with Gasteiger partial charge in [-0.2, -0.15) is 0 Å². The molecule has 0 aliphatic carbocycles. The van der Waals surface area contributed by atoms with Gasteiger partial charge < -0.3 is 4.42 Å². The van der Waals surface area contributed by atoms with Crippen LogP contribution in [0.15, 0.2) is 168 Å². The Bertz CT molecular complexity index is 2800. The van der Waals surface area contributed by atoms with E-state index in [0.717, 1.165) is 60.0 Å². The predicted octanol–water partition coefficient (Wildman–Crippen LogP) is 12.5. The van der Waals surface area contributed by atoms with Crippen LogP contribution < -0.4 is 0 Å². The van der Waals surface area contributed by atoms with Crippen molar-refractivity contribution in [3.63, 3.8) is 0 Å². The third-order valence-electron chi connectivity index (χ3n) is 9.34. The summed E-state index contributed by atoms with van der Waals surface area (Å²) in [6.07, 6.45) is 0. The Hall–Kier alpha value is -6.43. The van der Waals surface area contributed by atoms with Gasteiger partial charge >= 0.3 is 0 Å². The van der Waals surface area contributed by atoms with Crippen LogP contribution >= 0.6 is 11.3 Å². The molecular weight excluding hydrogens is 631 g/mol. The second-order valence-electron chi connectivity index (χ2n) is 12.4. The van der Waals surface area contributed by atoms with E-state index >= 15 is 0 Å². The highest BCUT2D eigenvalue weighted by Crippen LogP contribution is 2.46. The first-order valence-electron chi connectivity index (χ1n) is 16.6. The number of para-hydroxylation sites is 1. The van der Waals surface area contributed by atoms with Crippen LogP contribution in [0.4, 0.5) is 0 Å². The smallest absolute Gasteiger partial charge is 0.165 e. The molecule has 0 unspecified atom stereocenters. The lowest BCUT2D eigenvalue weighted by atomic mass is 9.95. The number of furan rings is 1. The molecule has 0 radical (unpaired) electrons. The third-order valence-corrected chi connectivity index (χ3v) is 10.6. The summed E-state index contributed by atoms with van der Waals surface area (Å²) >= 11 is 1.80. The molecule has 234 valence electrons. The van der Waals surface area contributed by atoms with Crippen molar-refractivity contribution in [2.75, 3.05) is 0 Å². The van der Waals surface area contributed by atoms with Crippen molar-refractivity contribution >= 4 is 53.4 Å². The van der Waals surface area contributed by atoms with E-state index in [-0.39, 0.29) is 0 Å². The van der Waals surface area contributed by atoms with Crippen molar-refractivity contribution in [1.82, 2.24) is 15.0 Å². The average Bonchev–Trinajstić information content (AvgIpc) is 3.77. The molecule has 10 rings (SSSR count). The summed E-state index contributed by atoms with van der Waals surface area (Å²) in [5.74, 6) is 1.97. The molecule has 4 nitrogen and oxygen atoms in total. The van der Waals surface area contributed by atoms with Gasteiger partial charge in [0.1, 0.15) is 11.2 Å². The van der Waals surface area contributed by atoms with Gasteiger partial charge in [0.2, 0.25) is 0 Å². The number of aromatic nitrogens is 3. The van der Waals surface area contributed by atoms with Gasteiger partial charge in [-0.25, -0.2) is 15.0 Å². The summed E-state index contributed by atoms with van der Waals surface area (Å²) in [6.45, 7) is 0. The van der Waals surface area contributed by atoms with Gasteiger partial charge in [-0.05, 0) is 41.0 Å². The molecular formula is C45H27N3OS. The van der Waals surface area contributed by atoms with Crippen LogP contribution in [0.1, 0.15) is 0 Å². The summed E-state index contributed by atoms with van der Waals surface area (Å²) in [6, 6.07) is 56.7. The van der Waals surface area contributed by atoms with Crippen LogP contribution in [0, 0.1) is 0 Å². The normalized spacial score (nSPS) is 11.6. The minimum atomic E-state index is 0.655. The minimum absolute atomic E-state index is 0.655. The van der Waals surface area contributed by atoms with Crippen molar-refractivity contribution in [1.29, 1.82) is 0 Å². The van der Waals surface area contributed by atoms with Crippen LogP contribution in [-0.4, -0.2) is 15.0 Å². The maximum atomic E-state index is 6.50. The van der Waals surface area contributed by atoms with E-state index in [2.05, 4.69) is 91.0 Å². The molecule has 0 amide bonds. The van der Waals surface area contributed by atoms with Gasteiger partial charge in [0.05, 0.1) is 0 Å². The Kier molecular flexibility index (Phi) is 6.64. The Morgan fingerprint density at radius 1 is 0.360 bits per heavy atom. The summed E-state index contributed by atoms with van der Waals surface area (Å²) in [5.41, 5.74) is 9.25. The Labute approximate surface area is 292 Å². The highest BCUT2D eigenvalue weighted by Gasteiger charge is 2.20. The zero-order valence-electron chi connectivity index (χ0n) is 26.7. The topological polar surface area (TPSA) is 51.8 Å². The second kappa shape index (κ2) is 11.6. The Morgan fingerprint density at radius 2 is 0.880 bits per heavy atom. The first-order chi connectivity index (χ1) is 24.8. The lowest BCUT2D eigenvalue weighted by Crippen LogP contribution is -2.00. The monoisotopic (exact) mass is 657 g/mol.